The van der Waals surface area contributed by atoms with Crippen LogP contribution in [-0.4, -0.2) is 24.2 Å². The summed E-state index contributed by atoms with van der Waals surface area (Å²) < 4.78 is 40.0. The van der Waals surface area contributed by atoms with Crippen LogP contribution in [0.4, 0.5) is 13.2 Å². The van der Waals surface area contributed by atoms with E-state index >= 15 is 0 Å². The fourth-order valence-electron chi connectivity index (χ4n) is 2.19. The standard InChI is InChI=1S/C11H10F3NO2/c12-6-3-7(13)9(8(14)4-6)11(10(16)17)1-2-15-5-11/h3-4,15H,1-2,5H2,(H,16,17). The largest absolute Gasteiger partial charge is 0.481 e. The molecule has 6 heteroatoms. The Morgan fingerprint density at radius 2 is 1.88 bits per heavy atom. The molecule has 0 aromatic heterocycles. The van der Waals surface area contributed by atoms with E-state index in [-0.39, 0.29) is 13.0 Å². The SMILES string of the molecule is O=C(O)C1(c2c(F)cc(F)cc2F)CCNC1. The first kappa shape index (κ1) is 11.9. The second-order valence-corrected chi connectivity index (χ2v) is 4.06. The monoisotopic (exact) mass is 245 g/mol. The molecule has 0 aliphatic carbocycles. The van der Waals surface area contributed by atoms with Gasteiger partial charge in [-0.2, -0.15) is 0 Å². The maximum atomic E-state index is 13.6. The van der Waals surface area contributed by atoms with E-state index in [1.165, 1.54) is 0 Å². The van der Waals surface area contributed by atoms with Crippen LogP contribution in [0.1, 0.15) is 12.0 Å². The molecule has 0 saturated carbocycles. The van der Waals surface area contributed by atoms with E-state index in [0.29, 0.717) is 18.7 Å². The van der Waals surface area contributed by atoms with E-state index in [1.807, 2.05) is 0 Å². The molecule has 1 saturated heterocycles. The van der Waals surface area contributed by atoms with Gasteiger partial charge in [0.05, 0.1) is 0 Å². The van der Waals surface area contributed by atoms with Crippen molar-refractivity contribution in [2.45, 2.75) is 11.8 Å². The van der Waals surface area contributed by atoms with Crippen molar-refractivity contribution >= 4 is 5.97 Å². The van der Waals surface area contributed by atoms with Crippen molar-refractivity contribution < 1.29 is 23.1 Å². The van der Waals surface area contributed by atoms with Crippen molar-refractivity contribution in [1.29, 1.82) is 0 Å². The van der Waals surface area contributed by atoms with Gasteiger partial charge in [0.1, 0.15) is 22.9 Å². The van der Waals surface area contributed by atoms with E-state index in [9.17, 15) is 18.0 Å². The molecular weight excluding hydrogens is 235 g/mol. The van der Waals surface area contributed by atoms with E-state index in [2.05, 4.69) is 5.32 Å². The van der Waals surface area contributed by atoms with E-state index in [1.54, 1.807) is 0 Å². The van der Waals surface area contributed by atoms with Gasteiger partial charge in [0.15, 0.2) is 0 Å². The minimum absolute atomic E-state index is 0.0677. The zero-order chi connectivity index (χ0) is 12.6. The minimum Gasteiger partial charge on any atom is -0.481 e. The summed E-state index contributed by atoms with van der Waals surface area (Å²) in [6, 6.07) is 1.00. The second kappa shape index (κ2) is 4.03. The number of carbonyl (C=O) groups is 1. The maximum Gasteiger partial charge on any atom is 0.315 e. The lowest BCUT2D eigenvalue weighted by molar-refractivity contribution is -0.143. The summed E-state index contributed by atoms with van der Waals surface area (Å²) in [6.45, 7) is 0.282. The lowest BCUT2D eigenvalue weighted by atomic mass is 9.79. The highest BCUT2D eigenvalue weighted by Crippen LogP contribution is 2.35. The fraction of sp³-hybridized carbons (Fsp3) is 0.364. The number of carboxylic acids is 1. The van der Waals surface area contributed by atoms with Gasteiger partial charge < -0.3 is 10.4 Å². The predicted octanol–water partition coefficient (Wildman–Crippen LogP) is 1.42. The van der Waals surface area contributed by atoms with E-state index < -0.39 is 34.4 Å². The van der Waals surface area contributed by atoms with Gasteiger partial charge in [0.25, 0.3) is 0 Å². The van der Waals surface area contributed by atoms with Crippen molar-refractivity contribution in [1.82, 2.24) is 5.32 Å². The van der Waals surface area contributed by atoms with Crippen LogP contribution in [0.15, 0.2) is 12.1 Å². The molecule has 1 fully saturated rings. The van der Waals surface area contributed by atoms with Gasteiger partial charge in [-0.05, 0) is 13.0 Å². The Morgan fingerprint density at radius 3 is 2.29 bits per heavy atom. The van der Waals surface area contributed by atoms with Crippen LogP contribution in [-0.2, 0) is 10.2 Å². The summed E-state index contributed by atoms with van der Waals surface area (Å²) in [5.74, 6) is -4.69. The number of benzene rings is 1. The van der Waals surface area contributed by atoms with E-state index in [0.717, 1.165) is 0 Å². The summed E-state index contributed by atoms with van der Waals surface area (Å²) in [7, 11) is 0. The Morgan fingerprint density at radius 1 is 1.29 bits per heavy atom. The molecule has 2 rings (SSSR count). The highest BCUT2D eigenvalue weighted by Gasteiger charge is 2.47. The molecule has 0 bridgehead atoms. The number of aliphatic carboxylic acids is 1. The van der Waals surface area contributed by atoms with Crippen molar-refractivity contribution in [3.05, 3.63) is 35.1 Å². The van der Waals surface area contributed by atoms with Crippen LogP contribution in [0, 0.1) is 17.5 Å². The fourth-order valence-corrected chi connectivity index (χ4v) is 2.19. The number of carboxylic acid groups (broad SMARTS) is 1. The second-order valence-electron chi connectivity index (χ2n) is 4.06. The first-order valence-corrected chi connectivity index (χ1v) is 5.06. The van der Waals surface area contributed by atoms with Gasteiger partial charge in [0.2, 0.25) is 0 Å². The molecule has 1 aromatic carbocycles. The van der Waals surface area contributed by atoms with Crippen LogP contribution < -0.4 is 5.32 Å². The summed E-state index contributed by atoms with van der Waals surface area (Å²) in [4.78, 5) is 11.2. The Bertz CT molecular complexity index is 447. The molecule has 2 N–H and O–H groups in total. The molecule has 3 nitrogen and oxygen atoms in total. The zero-order valence-electron chi connectivity index (χ0n) is 8.77. The molecule has 1 heterocycles. The molecule has 92 valence electrons. The Hall–Kier alpha value is -1.56. The Labute approximate surface area is 95.3 Å². The predicted molar refractivity (Wildman–Crippen MR) is 53.1 cm³/mol. The number of hydrogen-bond acceptors (Lipinski definition) is 2. The highest BCUT2D eigenvalue weighted by atomic mass is 19.1. The van der Waals surface area contributed by atoms with Crippen LogP contribution in [0.3, 0.4) is 0 Å². The minimum atomic E-state index is -1.65. The van der Waals surface area contributed by atoms with Crippen LogP contribution >= 0.6 is 0 Å². The molecule has 1 aliphatic rings. The van der Waals surface area contributed by atoms with Crippen LogP contribution in [0.2, 0.25) is 0 Å². The molecule has 1 atom stereocenters. The topological polar surface area (TPSA) is 49.3 Å². The number of halogens is 3. The summed E-state index contributed by atoms with van der Waals surface area (Å²) in [6.07, 6.45) is 0.0712. The van der Waals surface area contributed by atoms with Crippen molar-refractivity contribution in [2.24, 2.45) is 0 Å². The smallest absolute Gasteiger partial charge is 0.315 e. The lowest BCUT2D eigenvalue weighted by Crippen LogP contribution is -2.39. The Kier molecular flexibility index (Phi) is 2.82. The molecule has 1 unspecified atom stereocenters. The van der Waals surface area contributed by atoms with Gasteiger partial charge in [-0.25, -0.2) is 13.2 Å². The molecule has 0 radical (unpaired) electrons. The van der Waals surface area contributed by atoms with Gasteiger partial charge >= 0.3 is 5.97 Å². The number of hydrogen-bond donors (Lipinski definition) is 2. The Balaban J connectivity index is 2.62. The van der Waals surface area contributed by atoms with Crippen LogP contribution in [0.25, 0.3) is 0 Å². The summed E-state index contributed by atoms with van der Waals surface area (Å²) >= 11 is 0. The summed E-state index contributed by atoms with van der Waals surface area (Å²) in [5.41, 5.74) is -2.22. The molecule has 1 aromatic rings. The normalized spacial score (nSPS) is 23.9. The quantitative estimate of drug-likeness (QED) is 0.828. The van der Waals surface area contributed by atoms with Gasteiger partial charge in [-0.3, -0.25) is 4.79 Å². The highest BCUT2D eigenvalue weighted by molar-refractivity contribution is 5.82. The van der Waals surface area contributed by atoms with Gasteiger partial charge in [-0.15, -0.1) is 0 Å². The third-order valence-electron chi connectivity index (χ3n) is 3.05. The van der Waals surface area contributed by atoms with E-state index in [4.69, 9.17) is 5.11 Å². The van der Waals surface area contributed by atoms with Gasteiger partial charge in [0, 0.05) is 24.2 Å². The molecular formula is C11H10F3NO2. The number of rotatable bonds is 2. The first-order valence-electron chi connectivity index (χ1n) is 5.06. The third-order valence-corrected chi connectivity index (χ3v) is 3.05. The number of nitrogens with one attached hydrogen (secondary N) is 1. The van der Waals surface area contributed by atoms with Crippen molar-refractivity contribution in [2.75, 3.05) is 13.1 Å². The zero-order valence-corrected chi connectivity index (χ0v) is 8.77. The van der Waals surface area contributed by atoms with Crippen molar-refractivity contribution in [3.63, 3.8) is 0 Å². The van der Waals surface area contributed by atoms with Crippen LogP contribution in [0.5, 0.6) is 0 Å². The van der Waals surface area contributed by atoms with Gasteiger partial charge in [-0.1, -0.05) is 0 Å². The summed E-state index contributed by atoms with van der Waals surface area (Å²) in [5, 5.41) is 11.9. The average Bonchev–Trinajstić information content (AvgIpc) is 2.66. The molecule has 17 heavy (non-hydrogen) atoms. The molecule has 0 amide bonds. The first-order chi connectivity index (χ1) is 7.97. The van der Waals surface area contributed by atoms with Crippen molar-refractivity contribution in [3.8, 4) is 0 Å². The lowest BCUT2D eigenvalue weighted by Gasteiger charge is -2.24. The maximum absolute atomic E-state index is 13.6. The molecule has 0 spiro atoms. The average molecular weight is 245 g/mol. The molecule has 1 aliphatic heterocycles. The third kappa shape index (κ3) is 1.78.